The van der Waals surface area contributed by atoms with E-state index in [9.17, 15) is 5.11 Å². The van der Waals surface area contributed by atoms with E-state index in [-0.39, 0.29) is 59.5 Å². The molecule has 0 fully saturated rings. The topological polar surface area (TPSA) is 124 Å². The highest BCUT2D eigenvalue weighted by atomic mass is 16.5. The molecule has 0 aliphatic rings. The monoisotopic (exact) mass is 297 g/mol. The largest absolute Gasteiger partial charge is 0.394 e. The normalized spacial score (nSPS) is 13.7. The minimum absolute atomic E-state index is 0.0901. The van der Waals surface area contributed by atoms with Gasteiger partial charge in [-0.2, -0.15) is 0 Å². The van der Waals surface area contributed by atoms with Crippen LogP contribution in [0.4, 0.5) is 0 Å². The lowest BCUT2D eigenvalue weighted by Crippen LogP contribution is -2.53. The maximum atomic E-state index is 9.45. The molecule has 0 amide bonds. The van der Waals surface area contributed by atoms with Gasteiger partial charge in [-0.15, -0.1) is 0 Å². The zero-order chi connectivity index (χ0) is 15.3. The second-order valence-corrected chi connectivity index (χ2v) is 4.54. The summed E-state index contributed by atoms with van der Waals surface area (Å²) >= 11 is 0. The lowest BCUT2D eigenvalue weighted by atomic mass is 10.1. The van der Waals surface area contributed by atoms with Crippen molar-refractivity contribution >= 4 is 0 Å². The molecule has 8 heteroatoms. The highest BCUT2D eigenvalue weighted by molar-refractivity contribution is 4.84. The molecular formula is C12H27NO7. The summed E-state index contributed by atoms with van der Waals surface area (Å²) in [6, 6.07) is 0. The van der Waals surface area contributed by atoms with Gasteiger partial charge in [0.05, 0.1) is 65.0 Å². The van der Waals surface area contributed by atoms with Gasteiger partial charge in [0.25, 0.3) is 0 Å². The number of rotatable bonds is 14. The van der Waals surface area contributed by atoms with Crippen LogP contribution in [0, 0.1) is 0 Å². The van der Waals surface area contributed by atoms with Gasteiger partial charge in [0.2, 0.25) is 0 Å². The Morgan fingerprint density at radius 1 is 0.950 bits per heavy atom. The molecule has 0 aliphatic carbocycles. The van der Waals surface area contributed by atoms with Gasteiger partial charge in [0, 0.05) is 7.11 Å². The van der Waals surface area contributed by atoms with E-state index in [1.54, 1.807) is 0 Å². The predicted molar refractivity (Wildman–Crippen MR) is 71.4 cm³/mol. The SMILES string of the molecule is COCC(O)COCC(N)(COCCO)COCCO. The molecule has 0 bridgehead atoms. The van der Waals surface area contributed by atoms with E-state index in [1.807, 2.05) is 0 Å². The van der Waals surface area contributed by atoms with E-state index < -0.39 is 11.6 Å². The Hall–Kier alpha value is -0.320. The first-order valence-electron chi connectivity index (χ1n) is 6.49. The molecule has 5 N–H and O–H groups in total. The van der Waals surface area contributed by atoms with Gasteiger partial charge in [0.1, 0.15) is 6.10 Å². The van der Waals surface area contributed by atoms with Crippen LogP contribution in [0.15, 0.2) is 0 Å². The number of hydrogen-bond donors (Lipinski definition) is 4. The van der Waals surface area contributed by atoms with Crippen molar-refractivity contribution in [2.75, 3.05) is 66.6 Å². The molecule has 0 aliphatic heterocycles. The van der Waals surface area contributed by atoms with E-state index >= 15 is 0 Å². The summed E-state index contributed by atoms with van der Waals surface area (Å²) in [5, 5.41) is 26.8. The van der Waals surface area contributed by atoms with Crippen LogP contribution in [0.1, 0.15) is 0 Å². The minimum Gasteiger partial charge on any atom is -0.394 e. The molecule has 0 aromatic rings. The fraction of sp³-hybridized carbons (Fsp3) is 1.00. The Morgan fingerprint density at radius 2 is 1.45 bits per heavy atom. The van der Waals surface area contributed by atoms with Crippen molar-refractivity contribution in [3.63, 3.8) is 0 Å². The molecule has 0 radical (unpaired) electrons. The van der Waals surface area contributed by atoms with Gasteiger partial charge in [0.15, 0.2) is 0 Å². The van der Waals surface area contributed by atoms with Crippen LogP contribution < -0.4 is 5.73 Å². The number of nitrogens with two attached hydrogens (primary N) is 1. The summed E-state index contributed by atoms with van der Waals surface area (Å²) < 4.78 is 20.5. The van der Waals surface area contributed by atoms with Gasteiger partial charge >= 0.3 is 0 Å². The molecule has 1 unspecified atom stereocenters. The van der Waals surface area contributed by atoms with Crippen LogP contribution in [0.5, 0.6) is 0 Å². The number of aliphatic hydroxyl groups excluding tert-OH is 3. The molecule has 1 atom stereocenters. The van der Waals surface area contributed by atoms with E-state index in [1.165, 1.54) is 7.11 Å². The Morgan fingerprint density at radius 3 is 1.90 bits per heavy atom. The first-order valence-corrected chi connectivity index (χ1v) is 6.49. The molecule has 122 valence electrons. The average Bonchev–Trinajstić information content (AvgIpc) is 2.40. The smallest absolute Gasteiger partial charge is 0.101 e. The van der Waals surface area contributed by atoms with Gasteiger partial charge < -0.3 is 40.0 Å². The first kappa shape index (κ1) is 19.7. The number of methoxy groups -OCH3 is 1. The third-order valence-corrected chi connectivity index (χ3v) is 2.31. The minimum atomic E-state index is -0.906. The fourth-order valence-electron chi connectivity index (χ4n) is 1.44. The Bertz CT molecular complexity index is 208. The van der Waals surface area contributed by atoms with Gasteiger partial charge in [-0.1, -0.05) is 0 Å². The molecule has 8 nitrogen and oxygen atoms in total. The van der Waals surface area contributed by atoms with Crippen LogP contribution in [0.3, 0.4) is 0 Å². The van der Waals surface area contributed by atoms with E-state index in [0.29, 0.717) is 0 Å². The lowest BCUT2D eigenvalue weighted by Gasteiger charge is -2.29. The Labute approximate surface area is 119 Å². The molecule has 0 saturated heterocycles. The van der Waals surface area contributed by atoms with Gasteiger partial charge in [-0.3, -0.25) is 0 Å². The highest BCUT2D eigenvalue weighted by Crippen LogP contribution is 2.05. The van der Waals surface area contributed by atoms with Crippen molar-refractivity contribution < 1.29 is 34.3 Å². The molecular weight excluding hydrogens is 270 g/mol. The average molecular weight is 297 g/mol. The van der Waals surface area contributed by atoms with Crippen molar-refractivity contribution in [3.8, 4) is 0 Å². The number of hydrogen-bond acceptors (Lipinski definition) is 8. The summed E-state index contributed by atoms with van der Waals surface area (Å²) in [6.07, 6.45) is -0.721. The number of ether oxygens (including phenoxy) is 4. The zero-order valence-corrected chi connectivity index (χ0v) is 12.0. The summed E-state index contributed by atoms with van der Waals surface area (Å²) in [5.41, 5.74) is 5.18. The molecule has 0 heterocycles. The predicted octanol–water partition coefficient (Wildman–Crippen LogP) is -2.27. The Kier molecular flexibility index (Phi) is 12.2. The second kappa shape index (κ2) is 12.4. The third-order valence-electron chi connectivity index (χ3n) is 2.31. The molecule has 0 aromatic heterocycles. The van der Waals surface area contributed by atoms with E-state index in [0.717, 1.165) is 0 Å². The van der Waals surface area contributed by atoms with Crippen LogP contribution in [-0.2, 0) is 18.9 Å². The summed E-state index contributed by atoms with van der Waals surface area (Å²) in [7, 11) is 1.49. The maximum Gasteiger partial charge on any atom is 0.101 e. The van der Waals surface area contributed by atoms with E-state index in [4.69, 9.17) is 34.9 Å². The van der Waals surface area contributed by atoms with Crippen molar-refractivity contribution in [1.29, 1.82) is 0 Å². The van der Waals surface area contributed by atoms with Crippen LogP contribution in [0.25, 0.3) is 0 Å². The standard InChI is InChI=1S/C12H27NO7/c1-17-6-11(16)7-20-10-12(13,8-18-4-2-14)9-19-5-3-15/h11,14-16H,2-10,13H2,1H3. The molecule has 20 heavy (non-hydrogen) atoms. The lowest BCUT2D eigenvalue weighted by molar-refractivity contribution is -0.0569. The molecule has 0 aromatic carbocycles. The van der Waals surface area contributed by atoms with Crippen LogP contribution >= 0.6 is 0 Å². The van der Waals surface area contributed by atoms with Crippen molar-refractivity contribution in [2.24, 2.45) is 5.73 Å². The van der Waals surface area contributed by atoms with Crippen LogP contribution in [-0.4, -0.2) is 93.5 Å². The molecule has 0 saturated carbocycles. The summed E-state index contributed by atoms with van der Waals surface area (Å²) in [6.45, 7) is 0.814. The maximum absolute atomic E-state index is 9.45. The van der Waals surface area contributed by atoms with Gasteiger partial charge in [-0.25, -0.2) is 0 Å². The van der Waals surface area contributed by atoms with Crippen molar-refractivity contribution in [2.45, 2.75) is 11.6 Å². The Balaban J connectivity index is 4.07. The summed E-state index contributed by atoms with van der Waals surface area (Å²) in [5.74, 6) is 0. The quantitative estimate of drug-likeness (QED) is 0.265. The van der Waals surface area contributed by atoms with E-state index in [2.05, 4.69) is 0 Å². The summed E-state index contributed by atoms with van der Waals surface area (Å²) in [4.78, 5) is 0. The second-order valence-electron chi connectivity index (χ2n) is 4.54. The third kappa shape index (κ3) is 10.5. The molecule has 0 rings (SSSR count). The van der Waals surface area contributed by atoms with Crippen molar-refractivity contribution in [1.82, 2.24) is 0 Å². The first-order chi connectivity index (χ1) is 9.58. The zero-order valence-electron chi connectivity index (χ0n) is 12.0. The molecule has 0 spiro atoms. The number of aliphatic hydroxyl groups is 3. The van der Waals surface area contributed by atoms with Crippen molar-refractivity contribution in [3.05, 3.63) is 0 Å². The highest BCUT2D eigenvalue weighted by Gasteiger charge is 2.27. The van der Waals surface area contributed by atoms with Gasteiger partial charge in [-0.05, 0) is 0 Å². The fourth-order valence-corrected chi connectivity index (χ4v) is 1.44. The van der Waals surface area contributed by atoms with Crippen LogP contribution in [0.2, 0.25) is 0 Å².